The molecule has 0 N–H and O–H groups in total. The van der Waals surface area contributed by atoms with Crippen LogP contribution in [0.25, 0.3) is 22.3 Å². The maximum Gasteiger partial charge on any atom is 0.337 e. The third-order valence-electron chi connectivity index (χ3n) is 8.27. The van der Waals surface area contributed by atoms with E-state index < -0.39 is 11.8 Å². The van der Waals surface area contributed by atoms with Gasteiger partial charge in [-0.15, -0.1) is 0 Å². The summed E-state index contributed by atoms with van der Waals surface area (Å²) in [5.41, 5.74) is 5.62. The van der Waals surface area contributed by atoms with Gasteiger partial charge in [0.2, 0.25) is 5.88 Å². The summed E-state index contributed by atoms with van der Waals surface area (Å²) in [6.45, 7) is 1.78. The van der Waals surface area contributed by atoms with Gasteiger partial charge in [-0.2, -0.15) is 5.26 Å². The highest BCUT2D eigenvalue weighted by atomic mass is 19.1. The first-order valence-corrected chi connectivity index (χ1v) is 14.8. The molecule has 0 saturated carbocycles. The smallest absolute Gasteiger partial charge is 0.337 e. The average molecular weight is 605 g/mol. The summed E-state index contributed by atoms with van der Waals surface area (Å²) in [5, 5.41) is 9.48. The lowest BCUT2D eigenvalue weighted by atomic mass is 10.0. The second-order valence-corrected chi connectivity index (χ2v) is 11.1. The van der Waals surface area contributed by atoms with Crippen molar-refractivity contribution < 1.29 is 28.1 Å². The zero-order chi connectivity index (χ0) is 30.9. The minimum Gasteiger partial charge on any atom is -0.493 e. The Morgan fingerprint density at radius 1 is 1.07 bits per heavy atom. The van der Waals surface area contributed by atoms with Crippen molar-refractivity contribution in [3.63, 3.8) is 0 Å². The first-order chi connectivity index (χ1) is 22.0. The van der Waals surface area contributed by atoms with E-state index in [1.54, 1.807) is 48.5 Å². The number of ether oxygens (including phenoxy) is 4. The predicted molar refractivity (Wildman–Crippen MR) is 163 cm³/mol. The molecule has 2 aliphatic heterocycles. The lowest BCUT2D eigenvalue weighted by Gasteiger charge is -2.27. The topological polar surface area (TPSA) is 108 Å². The lowest BCUT2D eigenvalue weighted by molar-refractivity contribution is -0.0589. The number of nitriles is 1. The zero-order valence-electron chi connectivity index (χ0n) is 24.6. The largest absolute Gasteiger partial charge is 0.493 e. The third kappa shape index (κ3) is 5.70. The van der Waals surface area contributed by atoms with Gasteiger partial charge in [0.15, 0.2) is 0 Å². The highest BCUT2D eigenvalue weighted by molar-refractivity contribution is 5.93. The van der Waals surface area contributed by atoms with Crippen molar-refractivity contribution in [3.05, 3.63) is 106 Å². The van der Waals surface area contributed by atoms with E-state index in [2.05, 4.69) is 11.1 Å². The molecule has 3 aromatic carbocycles. The minimum atomic E-state index is -0.447. The molecule has 5 aromatic rings. The molecule has 4 heterocycles. The van der Waals surface area contributed by atoms with Crippen LogP contribution in [0.5, 0.6) is 11.6 Å². The van der Waals surface area contributed by atoms with E-state index in [0.29, 0.717) is 77.1 Å². The molecule has 0 spiro atoms. The number of pyridine rings is 1. The number of fused-ring (bicyclic) bond motifs is 7. The van der Waals surface area contributed by atoms with Crippen LogP contribution < -0.4 is 9.47 Å². The van der Waals surface area contributed by atoms with Gasteiger partial charge in [0.25, 0.3) is 0 Å². The molecule has 0 unspecified atom stereocenters. The van der Waals surface area contributed by atoms with Crippen molar-refractivity contribution >= 4 is 17.0 Å². The van der Waals surface area contributed by atoms with Gasteiger partial charge in [-0.3, -0.25) is 0 Å². The number of hydrogen-bond donors (Lipinski definition) is 0. The fourth-order valence-corrected chi connectivity index (χ4v) is 5.76. The summed E-state index contributed by atoms with van der Waals surface area (Å²) < 4.78 is 40.9. The number of halogens is 1. The quantitative estimate of drug-likeness (QED) is 0.232. The van der Waals surface area contributed by atoms with Crippen molar-refractivity contribution in [1.82, 2.24) is 14.5 Å². The predicted octanol–water partition coefficient (Wildman–Crippen LogP) is 5.79. The van der Waals surface area contributed by atoms with Crippen LogP contribution in [0.3, 0.4) is 0 Å². The molecule has 226 valence electrons. The van der Waals surface area contributed by atoms with Crippen LogP contribution in [0.1, 0.15) is 44.9 Å². The molecule has 0 aliphatic carbocycles. The molecule has 0 amide bonds. The van der Waals surface area contributed by atoms with Crippen molar-refractivity contribution in [2.24, 2.45) is 0 Å². The van der Waals surface area contributed by atoms with Crippen LogP contribution >= 0.6 is 0 Å². The van der Waals surface area contributed by atoms with Crippen molar-refractivity contribution in [2.45, 2.75) is 38.5 Å². The van der Waals surface area contributed by atoms with E-state index in [0.717, 1.165) is 23.1 Å². The lowest BCUT2D eigenvalue weighted by Crippen LogP contribution is -2.31. The number of nitrogens with zero attached hydrogens (tertiary/aromatic N) is 4. The standard InChI is InChI=1S/C35H29FN4O5/c1-42-35(41)23-7-8-30-31(15-23)40(19-26-10-12-43-26)33(38-30)16-25-14-28(36)27-17-32(25)44-11-9-22-13-21(18-37)5-6-24(22)20-45-34-4-2-3-29(27)39-34/h2-8,13-15,17,26H,9-12,16,19-20H2,1H3/t26-/m0/s1. The van der Waals surface area contributed by atoms with E-state index >= 15 is 4.39 Å². The third-order valence-corrected chi connectivity index (χ3v) is 8.27. The molecular formula is C35H29FN4O5. The van der Waals surface area contributed by atoms with Gasteiger partial charge in [-0.25, -0.2) is 19.2 Å². The maximum atomic E-state index is 15.9. The second-order valence-electron chi connectivity index (χ2n) is 11.1. The molecular weight excluding hydrogens is 575 g/mol. The Kier molecular flexibility index (Phi) is 7.61. The molecule has 45 heavy (non-hydrogen) atoms. The summed E-state index contributed by atoms with van der Waals surface area (Å²) in [7, 11) is 1.35. The highest BCUT2D eigenvalue weighted by Gasteiger charge is 2.24. The number of rotatable bonds is 5. The number of hydrogen-bond acceptors (Lipinski definition) is 8. The van der Waals surface area contributed by atoms with Gasteiger partial charge < -0.3 is 23.5 Å². The van der Waals surface area contributed by atoms with Gasteiger partial charge in [0.1, 0.15) is 24.0 Å². The summed E-state index contributed by atoms with van der Waals surface area (Å²) in [4.78, 5) is 21.8. The number of carbonyl (C=O) groups excluding carboxylic acids is 1. The Labute approximate surface area is 258 Å². The average Bonchev–Trinajstić information content (AvgIpc) is 3.38. The van der Waals surface area contributed by atoms with Crippen molar-refractivity contribution in [1.29, 1.82) is 5.26 Å². The van der Waals surface area contributed by atoms with E-state index in [4.69, 9.17) is 23.9 Å². The molecule has 2 aliphatic rings. The first kappa shape index (κ1) is 28.5. The van der Waals surface area contributed by atoms with Gasteiger partial charge in [0.05, 0.1) is 60.3 Å². The zero-order valence-corrected chi connectivity index (χ0v) is 24.6. The Morgan fingerprint density at radius 3 is 2.76 bits per heavy atom. The van der Waals surface area contributed by atoms with Gasteiger partial charge in [-0.1, -0.05) is 12.1 Å². The summed E-state index contributed by atoms with van der Waals surface area (Å²) in [6.07, 6.45) is 1.72. The SMILES string of the molecule is COC(=O)c1ccc2nc(Cc3cc(F)c4cc3OCCc3cc(C#N)ccc3COc3cccc-4n3)n(C[C@@H]3CCO3)c2c1. The van der Waals surface area contributed by atoms with Crippen molar-refractivity contribution in [3.8, 4) is 29.0 Å². The Morgan fingerprint density at radius 2 is 1.96 bits per heavy atom. The second kappa shape index (κ2) is 12.0. The molecule has 9 nitrogen and oxygen atoms in total. The van der Waals surface area contributed by atoms with E-state index in [9.17, 15) is 10.1 Å². The molecule has 1 atom stereocenters. The van der Waals surface area contributed by atoms with Gasteiger partial charge >= 0.3 is 5.97 Å². The van der Waals surface area contributed by atoms with Gasteiger partial charge in [-0.05, 0) is 66.1 Å². The normalized spacial score (nSPS) is 15.6. The van der Waals surface area contributed by atoms with Crippen LogP contribution in [0.4, 0.5) is 4.39 Å². The summed E-state index contributed by atoms with van der Waals surface area (Å²) in [5.74, 6) is 0.679. The Balaban J connectivity index is 1.30. The fraction of sp³-hybridized carbons (Fsp3) is 0.257. The first-order valence-electron chi connectivity index (χ1n) is 14.8. The number of imidazole rings is 1. The number of aromatic nitrogens is 3. The maximum absolute atomic E-state index is 15.9. The molecule has 1 saturated heterocycles. The monoisotopic (exact) mass is 604 g/mol. The van der Waals surface area contributed by atoms with E-state index in [1.807, 2.05) is 16.7 Å². The fourth-order valence-electron chi connectivity index (χ4n) is 5.76. The number of carbonyl (C=O) groups is 1. The molecule has 10 heteroatoms. The van der Waals surface area contributed by atoms with Crippen LogP contribution in [0.2, 0.25) is 0 Å². The Hall–Kier alpha value is -5.27. The van der Waals surface area contributed by atoms with E-state index in [1.165, 1.54) is 13.2 Å². The Bertz CT molecular complexity index is 1980. The van der Waals surface area contributed by atoms with Crippen molar-refractivity contribution in [2.75, 3.05) is 20.3 Å². The van der Waals surface area contributed by atoms with E-state index in [-0.39, 0.29) is 19.1 Å². The van der Waals surface area contributed by atoms with Gasteiger partial charge in [0, 0.05) is 36.6 Å². The van der Waals surface area contributed by atoms with Crippen LogP contribution in [0, 0.1) is 17.1 Å². The number of benzene rings is 3. The summed E-state index contributed by atoms with van der Waals surface area (Å²) in [6, 6.07) is 21.3. The van der Waals surface area contributed by atoms with Crippen LogP contribution in [0.15, 0.2) is 66.7 Å². The van der Waals surface area contributed by atoms with Crippen LogP contribution in [-0.2, 0) is 35.5 Å². The number of methoxy groups -OCH3 is 1. The summed E-state index contributed by atoms with van der Waals surface area (Å²) >= 11 is 0. The minimum absolute atomic E-state index is 0.0196. The molecule has 0 radical (unpaired) electrons. The highest BCUT2D eigenvalue weighted by Crippen LogP contribution is 2.34. The number of esters is 1. The molecule has 4 bridgehead atoms. The molecule has 2 aromatic heterocycles. The molecule has 1 fully saturated rings. The van der Waals surface area contributed by atoms with Crippen LogP contribution in [-0.4, -0.2) is 46.9 Å². The molecule has 7 rings (SSSR count).